The van der Waals surface area contributed by atoms with E-state index in [-0.39, 0.29) is 23.5 Å². The van der Waals surface area contributed by atoms with Gasteiger partial charge in [-0.25, -0.2) is 0 Å². The molecule has 0 aliphatic rings. The molecule has 0 saturated carbocycles. The zero-order valence-electron chi connectivity index (χ0n) is 2.76. The highest BCUT2D eigenvalue weighted by molar-refractivity contribution is 7.80. The predicted octanol–water partition coefficient (Wildman–Crippen LogP) is -1.26. The number of hydrogen-bond donors (Lipinski definition) is 2. The third kappa shape index (κ3) is 1080. The van der Waals surface area contributed by atoms with Crippen LogP contribution in [0.4, 0.5) is 3.89 Å². The molecule has 0 rings (SSSR count). The van der Waals surface area contributed by atoms with E-state index in [4.69, 9.17) is 13.0 Å². The molecule has 0 unspecified atom stereocenters. The van der Waals surface area contributed by atoms with E-state index >= 15 is 0 Å². The molecule has 0 spiro atoms. The van der Waals surface area contributed by atoms with Crippen molar-refractivity contribution in [3.8, 4) is 0 Å². The second-order valence-corrected chi connectivity index (χ2v) is 1.24. The van der Waals surface area contributed by atoms with Crippen molar-refractivity contribution in [2.24, 2.45) is 0 Å². The SMILES string of the molecule is N.O=S(=O)(O)F.[AlH3]. The monoisotopic (exact) mass is 147 g/mol. The third-order valence-corrected chi connectivity index (χ3v) is 0. The summed E-state index contributed by atoms with van der Waals surface area (Å²) in [7, 11) is -5.17. The van der Waals surface area contributed by atoms with Gasteiger partial charge in [-0.2, -0.15) is 8.42 Å². The van der Waals surface area contributed by atoms with Gasteiger partial charge in [0.05, 0.1) is 0 Å². The highest BCUT2D eigenvalue weighted by Crippen LogP contribution is 1.74. The second kappa shape index (κ2) is 4.49. The summed E-state index contributed by atoms with van der Waals surface area (Å²) >= 11 is 0. The Morgan fingerprint density at radius 1 is 1.43 bits per heavy atom. The van der Waals surface area contributed by atoms with Gasteiger partial charge in [-0.3, -0.25) is 4.55 Å². The molecule has 0 aliphatic carbocycles. The van der Waals surface area contributed by atoms with E-state index in [2.05, 4.69) is 0 Å². The molecule has 0 radical (unpaired) electrons. The van der Waals surface area contributed by atoms with E-state index in [9.17, 15) is 3.89 Å². The van der Waals surface area contributed by atoms with Crippen LogP contribution >= 0.6 is 0 Å². The van der Waals surface area contributed by atoms with Crippen LogP contribution in [0.3, 0.4) is 0 Å². The molecule has 7 heteroatoms. The highest BCUT2D eigenvalue weighted by atomic mass is 32.3. The van der Waals surface area contributed by atoms with E-state index < -0.39 is 10.5 Å². The Bertz CT molecular complexity index is 98.1. The Kier molecular flexibility index (Phi) is 10.0. The molecule has 0 heterocycles. The number of halogens is 1. The standard InChI is InChI=1S/Al.FHO3S.H3N.3H/c;1-5(2,3)4;;;;/h;(H,2,3,4);1H3;;;. The van der Waals surface area contributed by atoms with Gasteiger partial charge in [0.2, 0.25) is 0 Å². The van der Waals surface area contributed by atoms with Crippen molar-refractivity contribution < 1.29 is 16.9 Å². The van der Waals surface area contributed by atoms with E-state index in [0.29, 0.717) is 0 Å². The summed E-state index contributed by atoms with van der Waals surface area (Å²) in [6.45, 7) is 0. The van der Waals surface area contributed by atoms with Gasteiger partial charge in [-0.05, 0) is 0 Å². The average molecular weight is 147 g/mol. The van der Waals surface area contributed by atoms with Crippen molar-refractivity contribution in [3.63, 3.8) is 0 Å². The quantitative estimate of drug-likeness (QED) is 0.254. The van der Waals surface area contributed by atoms with Crippen LogP contribution in [0, 0.1) is 0 Å². The first-order chi connectivity index (χ1) is 2.00. The highest BCUT2D eigenvalue weighted by Gasteiger charge is 1.89. The summed E-state index contributed by atoms with van der Waals surface area (Å²) in [6, 6.07) is 0. The van der Waals surface area contributed by atoms with Gasteiger partial charge in [0.25, 0.3) is 0 Å². The molecule has 0 amide bonds. The number of rotatable bonds is 0. The summed E-state index contributed by atoms with van der Waals surface area (Å²) in [5.74, 6) is 0. The topological polar surface area (TPSA) is 89.4 Å². The maximum atomic E-state index is 10.2. The summed E-state index contributed by atoms with van der Waals surface area (Å²) in [4.78, 5) is 0. The van der Waals surface area contributed by atoms with Gasteiger partial charge in [0.15, 0.2) is 17.4 Å². The van der Waals surface area contributed by atoms with Crippen LogP contribution in [0.15, 0.2) is 0 Å². The summed E-state index contributed by atoms with van der Waals surface area (Å²) in [6.07, 6.45) is 0. The van der Waals surface area contributed by atoms with Gasteiger partial charge in [0.1, 0.15) is 0 Å². The molecule has 0 bridgehead atoms. The third-order valence-electron chi connectivity index (χ3n) is 0. The first-order valence-corrected chi connectivity index (χ1v) is 2.01. The Labute approximate surface area is 51.5 Å². The largest absolute Gasteiger partial charge is 0.435 e. The lowest BCUT2D eigenvalue weighted by molar-refractivity contribution is 0.435. The van der Waals surface area contributed by atoms with Crippen LogP contribution in [0.1, 0.15) is 0 Å². The molecule has 0 fully saturated rings. The molecule has 4 N–H and O–H groups in total. The molecule has 4 nitrogen and oxygen atoms in total. The zero-order valence-corrected chi connectivity index (χ0v) is 3.57. The van der Waals surface area contributed by atoms with E-state index in [1.165, 1.54) is 0 Å². The fraction of sp³-hybridized carbons (Fsp3) is 0. The molecule has 7 heavy (non-hydrogen) atoms. The van der Waals surface area contributed by atoms with Crippen LogP contribution in [0.2, 0.25) is 0 Å². The van der Waals surface area contributed by atoms with Gasteiger partial charge < -0.3 is 6.15 Å². The van der Waals surface area contributed by atoms with Crippen molar-refractivity contribution in [3.05, 3.63) is 0 Å². The van der Waals surface area contributed by atoms with Crippen LogP contribution in [0.25, 0.3) is 0 Å². The van der Waals surface area contributed by atoms with Crippen molar-refractivity contribution in [1.29, 1.82) is 0 Å². The molecule has 0 aromatic carbocycles. The fourth-order valence-corrected chi connectivity index (χ4v) is 0. The second-order valence-electron chi connectivity index (χ2n) is 0.412. The molecule has 46 valence electrons. The summed E-state index contributed by atoms with van der Waals surface area (Å²) < 4.78 is 34.1. The van der Waals surface area contributed by atoms with Gasteiger partial charge in [0, 0.05) is 0 Å². The molecule has 0 aromatic heterocycles. The fourth-order valence-electron chi connectivity index (χ4n) is 0. The molecule has 0 atom stereocenters. The smallest absolute Gasteiger partial charge is 0.344 e. The lowest BCUT2D eigenvalue weighted by Gasteiger charge is -1.63. The van der Waals surface area contributed by atoms with Crippen molar-refractivity contribution in [1.82, 2.24) is 6.15 Å². The van der Waals surface area contributed by atoms with Gasteiger partial charge in [-0.1, -0.05) is 3.89 Å². The van der Waals surface area contributed by atoms with Gasteiger partial charge in [-0.15, -0.1) is 0 Å². The molecule has 0 saturated heterocycles. The molecular weight excluding hydrogens is 140 g/mol. The Hall–Kier alpha value is 0.332. The van der Waals surface area contributed by atoms with Crippen molar-refractivity contribution >= 4 is 27.9 Å². The normalized spacial score (nSPS) is 8.29. The van der Waals surface area contributed by atoms with Gasteiger partial charge >= 0.3 is 10.5 Å². The Morgan fingerprint density at radius 2 is 1.43 bits per heavy atom. The first kappa shape index (κ1) is 15.7. The molecule has 0 aliphatic heterocycles. The Morgan fingerprint density at radius 3 is 1.43 bits per heavy atom. The lowest BCUT2D eigenvalue weighted by Crippen LogP contribution is -1.80. The maximum Gasteiger partial charge on any atom is 0.435 e. The summed E-state index contributed by atoms with van der Waals surface area (Å²) in [5, 5.41) is 0. The molecular formula is H7AlFNO3S. The van der Waals surface area contributed by atoms with Crippen molar-refractivity contribution in [2.45, 2.75) is 0 Å². The minimum Gasteiger partial charge on any atom is -0.344 e. The summed E-state index contributed by atoms with van der Waals surface area (Å²) in [5.41, 5.74) is 0. The van der Waals surface area contributed by atoms with E-state index in [1.54, 1.807) is 0 Å². The van der Waals surface area contributed by atoms with Crippen molar-refractivity contribution in [2.75, 3.05) is 0 Å². The molecule has 0 aromatic rings. The van der Waals surface area contributed by atoms with E-state index in [0.717, 1.165) is 0 Å². The number of hydrogen-bond acceptors (Lipinski definition) is 3. The predicted molar refractivity (Wildman–Crippen MR) is 27.6 cm³/mol. The average Bonchev–Trinajstić information content (AvgIpc) is 0.722. The Balaban J connectivity index is -0.0000000800. The van der Waals surface area contributed by atoms with Crippen LogP contribution < -0.4 is 6.15 Å². The lowest BCUT2D eigenvalue weighted by atomic mass is 14.0. The zero-order chi connectivity index (χ0) is 4.50. The van der Waals surface area contributed by atoms with Crippen LogP contribution in [-0.4, -0.2) is 30.3 Å². The minimum atomic E-state index is -5.17. The van der Waals surface area contributed by atoms with Crippen LogP contribution in [0.5, 0.6) is 0 Å². The first-order valence-electron chi connectivity index (χ1n) is 0.670. The van der Waals surface area contributed by atoms with Crippen LogP contribution in [-0.2, 0) is 10.5 Å². The van der Waals surface area contributed by atoms with E-state index in [1.807, 2.05) is 0 Å². The minimum absolute atomic E-state index is 0. The maximum absolute atomic E-state index is 10.2.